The van der Waals surface area contributed by atoms with Crippen LogP contribution >= 0.6 is 0 Å². The van der Waals surface area contributed by atoms with E-state index in [1.54, 1.807) is 6.07 Å². The van der Waals surface area contributed by atoms with Gasteiger partial charge in [0.1, 0.15) is 16.5 Å². The van der Waals surface area contributed by atoms with Gasteiger partial charge in [0.15, 0.2) is 5.76 Å². The largest absolute Gasteiger partial charge is 0.459 e. The number of sulfonamides is 1. The fourth-order valence-corrected chi connectivity index (χ4v) is 4.58. The monoisotopic (exact) mass is 441 g/mol. The molecular weight excluding hydrogens is 420 g/mol. The number of hydrogen-bond donors (Lipinski definition) is 1. The summed E-state index contributed by atoms with van der Waals surface area (Å²) in [5, 5.41) is 2.64. The van der Waals surface area contributed by atoms with Gasteiger partial charge < -0.3 is 14.6 Å². The standard InChI is InChI=1S/C19H21F2N3O5S/c20-14-5-6-15(21)17(13-14)30(27,28)24-10-8-23(9-11-24)18(25)4-1-7-22-19(26)16-3-2-12-29-16/h2-3,5-6,12-13H,1,4,7-11H2,(H,22,26). The van der Waals surface area contributed by atoms with Gasteiger partial charge in [-0.1, -0.05) is 0 Å². The van der Waals surface area contributed by atoms with Crippen LogP contribution in [0.2, 0.25) is 0 Å². The summed E-state index contributed by atoms with van der Waals surface area (Å²) in [6.45, 7) is 0.554. The maximum atomic E-state index is 13.9. The maximum Gasteiger partial charge on any atom is 0.286 e. The number of hydrogen-bond acceptors (Lipinski definition) is 5. The Morgan fingerprint density at radius 1 is 1.10 bits per heavy atom. The summed E-state index contributed by atoms with van der Waals surface area (Å²) in [5.74, 6) is -2.21. The summed E-state index contributed by atoms with van der Waals surface area (Å²) >= 11 is 0. The second-order valence-corrected chi connectivity index (χ2v) is 8.60. The molecule has 1 N–H and O–H groups in total. The molecule has 3 rings (SSSR count). The van der Waals surface area contributed by atoms with Crippen molar-refractivity contribution in [3.8, 4) is 0 Å². The molecule has 0 aliphatic carbocycles. The number of benzene rings is 1. The number of nitrogens with one attached hydrogen (secondary N) is 1. The van der Waals surface area contributed by atoms with E-state index in [4.69, 9.17) is 4.42 Å². The minimum atomic E-state index is -4.19. The summed E-state index contributed by atoms with van der Waals surface area (Å²) in [6, 6.07) is 5.40. The molecule has 2 aromatic rings. The molecule has 2 amide bonds. The molecule has 0 spiro atoms. The van der Waals surface area contributed by atoms with Gasteiger partial charge in [0, 0.05) is 39.1 Å². The number of halogens is 2. The average Bonchev–Trinajstić information content (AvgIpc) is 3.27. The lowest BCUT2D eigenvalue weighted by Gasteiger charge is -2.34. The normalized spacial score (nSPS) is 15.2. The van der Waals surface area contributed by atoms with E-state index < -0.39 is 26.6 Å². The zero-order valence-electron chi connectivity index (χ0n) is 16.0. The van der Waals surface area contributed by atoms with Gasteiger partial charge in [-0.15, -0.1) is 0 Å². The van der Waals surface area contributed by atoms with Crippen molar-refractivity contribution < 1.29 is 31.2 Å². The summed E-state index contributed by atoms with van der Waals surface area (Å²) < 4.78 is 58.4. The highest BCUT2D eigenvalue weighted by atomic mass is 32.2. The van der Waals surface area contributed by atoms with Gasteiger partial charge in [-0.2, -0.15) is 4.31 Å². The molecule has 162 valence electrons. The Morgan fingerprint density at radius 2 is 1.83 bits per heavy atom. The van der Waals surface area contributed by atoms with Crippen LogP contribution in [0.3, 0.4) is 0 Å². The van der Waals surface area contributed by atoms with Gasteiger partial charge in [0.05, 0.1) is 6.26 Å². The zero-order valence-corrected chi connectivity index (χ0v) is 16.8. The topological polar surface area (TPSA) is 99.9 Å². The Bertz CT molecular complexity index is 1000. The van der Waals surface area contributed by atoms with Gasteiger partial charge >= 0.3 is 0 Å². The molecule has 0 saturated carbocycles. The van der Waals surface area contributed by atoms with E-state index in [0.717, 1.165) is 16.4 Å². The second-order valence-electron chi connectivity index (χ2n) is 6.70. The van der Waals surface area contributed by atoms with Crippen molar-refractivity contribution in [1.29, 1.82) is 0 Å². The molecule has 11 heteroatoms. The minimum Gasteiger partial charge on any atom is -0.459 e. The van der Waals surface area contributed by atoms with Crippen molar-refractivity contribution in [3.63, 3.8) is 0 Å². The highest BCUT2D eigenvalue weighted by Crippen LogP contribution is 2.22. The van der Waals surface area contributed by atoms with Gasteiger partial charge in [-0.25, -0.2) is 17.2 Å². The first-order chi connectivity index (χ1) is 14.3. The average molecular weight is 441 g/mol. The smallest absolute Gasteiger partial charge is 0.286 e. The molecule has 0 atom stereocenters. The van der Waals surface area contributed by atoms with E-state index in [9.17, 15) is 26.8 Å². The zero-order chi connectivity index (χ0) is 21.7. The first kappa shape index (κ1) is 21.9. The Morgan fingerprint density at radius 3 is 2.50 bits per heavy atom. The van der Waals surface area contributed by atoms with Gasteiger partial charge in [-0.05, 0) is 36.8 Å². The van der Waals surface area contributed by atoms with E-state index in [-0.39, 0.29) is 50.2 Å². The van der Waals surface area contributed by atoms with Crippen LogP contribution in [0.4, 0.5) is 8.78 Å². The Labute approximate surface area is 172 Å². The molecule has 30 heavy (non-hydrogen) atoms. The maximum absolute atomic E-state index is 13.9. The molecule has 1 aromatic carbocycles. The van der Waals surface area contributed by atoms with Gasteiger partial charge in [0.2, 0.25) is 15.9 Å². The van der Waals surface area contributed by atoms with E-state index in [2.05, 4.69) is 5.32 Å². The first-order valence-electron chi connectivity index (χ1n) is 9.34. The van der Waals surface area contributed by atoms with Crippen molar-refractivity contribution in [3.05, 3.63) is 54.0 Å². The molecule has 1 fully saturated rings. The van der Waals surface area contributed by atoms with Crippen molar-refractivity contribution >= 4 is 21.8 Å². The van der Waals surface area contributed by atoms with Crippen LogP contribution in [0.25, 0.3) is 0 Å². The van der Waals surface area contributed by atoms with E-state index in [0.29, 0.717) is 19.0 Å². The van der Waals surface area contributed by atoms with E-state index in [1.165, 1.54) is 17.2 Å². The van der Waals surface area contributed by atoms with Gasteiger partial charge in [-0.3, -0.25) is 9.59 Å². The van der Waals surface area contributed by atoms with Crippen LogP contribution in [0.15, 0.2) is 45.9 Å². The quantitative estimate of drug-likeness (QED) is 0.658. The highest BCUT2D eigenvalue weighted by molar-refractivity contribution is 7.89. The molecule has 1 saturated heterocycles. The number of nitrogens with zero attached hydrogens (tertiary/aromatic N) is 2. The molecule has 0 unspecified atom stereocenters. The Hall–Kier alpha value is -2.79. The second kappa shape index (κ2) is 9.35. The number of amides is 2. The fraction of sp³-hybridized carbons (Fsp3) is 0.368. The van der Waals surface area contributed by atoms with Crippen LogP contribution in [-0.2, 0) is 14.8 Å². The minimum absolute atomic E-state index is 0.0146. The lowest BCUT2D eigenvalue weighted by Crippen LogP contribution is -2.50. The van der Waals surface area contributed by atoms with Crippen LogP contribution < -0.4 is 5.32 Å². The summed E-state index contributed by atoms with van der Waals surface area (Å²) in [7, 11) is -4.19. The van der Waals surface area contributed by atoms with Crippen LogP contribution in [-0.4, -0.2) is 62.2 Å². The van der Waals surface area contributed by atoms with Crippen LogP contribution in [0.1, 0.15) is 23.4 Å². The molecule has 0 radical (unpaired) electrons. The van der Waals surface area contributed by atoms with Crippen LogP contribution in [0, 0.1) is 11.6 Å². The highest BCUT2D eigenvalue weighted by Gasteiger charge is 2.32. The number of piperazine rings is 1. The predicted octanol–water partition coefficient (Wildman–Crippen LogP) is 1.60. The molecular formula is C19H21F2N3O5S. The van der Waals surface area contributed by atoms with E-state index >= 15 is 0 Å². The van der Waals surface area contributed by atoms with Crippen molar-refractivity contribution in [2.75, 3.05) is 32.7 Å². The lowest BCUT2D eigenvalue weighted by molar-refractivity contribution is -0.132. The molecule has 0 bridgehead atoms. The third-order valence-electron chi connectivity index (χ3n) is 4.70. The summed E-state index contributed by atoms with van der Waals surface area (Å²) in [5.41, 5.74) is 0. The predicted molar refractivity (Wildman–Crippen MR) is 102 cm³/mol. The summed E-state index contributed by atoms with van der Waals surface area (Å²) in [4.78, 5) is 24.8. The van der Waals surface area contributed by atoms with E-state index in [1.807, 2.05) is 0 Å². The molecule has 1 aliphatic heterocycles. The number of furan rings is 1. The lowest BCUT2D eigenvalue weighted by atomic mass is 10.2. The number of rotatable bonds is 7. The number of carbonyl (C=O) groups is 2. The summed E-state index contributed by atoms with van der Waals surface area (Å²) in [6.07, 6.45) is 1.99. The fourth-order valence-electron chi connectivity index (χ4n) is 3.09. The third kappa shape index (κ3) is 5.03. The van der Waals surface area contributed by atoms with Crippen molar-refractivity contribution in [2.24, 2.45) is 0 Å². The number of carbonyl (C=O) groups excluding carboxylic acids is 2. The molecule has 2 heterocycles. The van der Waals surface area contributed by atoms with Gasteiger partial charge in [0.25, 0.3) is 5.91 Å². The molecule has 1 aromatic heterocycles. The molecule has 8 nitrogen and oxygen atoms in total. The first-order valence-corrected chi connectivity index (χ1v) is 10.8. The Kier molecular flexibility index (Phi) is 6.83. The third-order valence-corrected chi connectivity index (χ3v) is 6.61. The Balaban J connectivity index is 1.46. The van der Waals surface area contributed by atoms with Crippen molar-refractivity contribution in [1.82, 2.24) is 14.5 Å². The van der Waals surface area contributed by atoms with Crippen LogP contribution in [0.5, 0.6) is 0 Å². The van der Waals surface area contributed by atoms with Crippen molar-refractivity contribution in [2.45, 2.75) is 17.7 Å². The SMILES string of the molecule is O=C(NCCCC(=O)N1CCN(S(=O)(=O)c2cc(F)ccc2F)CC1)c1ccco1. The molecule has 1 aliphatic rings.